The van der Waals surface area contributed by atoms with Gasteiger partial charge in [0.05, 0.1) is 6.61 Å². The van der Waals surface area contributed by atoms with Gasteiger partial charge in [0.15, 0.2) is 0 Å². The van der Waals surface area contributed by atoms with E-state index >= 15 is 0 Å². The number of aromatic nitrogens is 1. The number of nitrogens with zero attached hydrogens (tertiary/aromatic N) is 1. The number of amides is 2. The molecule has 2 aromatic carbocycles. The lowest BCUT2D eigenvalue weighted by molar-refractivity contribution is -0.148. The van der Waals surface area contributed by atoms with Crippen LogP contribution in [0.25, 0.3) is 10.9 Å². The molecule has 7 nitrogen and oxygen atoms in total. The Morgan fingerprint density at radius 3 is 2.59 bits per heavy atom. The van der Waals surface area contributed by atoms with Crippen molar-refractivity contribution in [3.05, 3.63) is 66.4 Å². The molecule has 0 unspecified atom stereocenters. The third-order valence-corrected chi connectivity index (χ3v) is 5.03. The molecule has 1 aliphatic rings. The van der Waals surface area contributed by atoms with E-state index < -0.39 is 23.8 Å². The molecule has 2 amide bonds. The van der Waals surface area contributed by atoms with Crippen LogP contribution in [0, 0.1) is 5.92 Å². The third kappa shape index (κ3) is 3.59. The Bertz CT molecular complexity index is 1030. The molecule has 0 radical (unpaired) electrons. The molecule has 2 atom stereocenters. The van der Waals surface area contributed by atoms with Gasteiger partial charge in [-0.1, -0.05) is 36.4 Å². The maximum atomic E-state index is 13.1. The van der Waals surface area contributed by atoms with Gasteiger partial charge in [-0.15, -0.1) is 0 Å². The lowest BCUT2D eigenvalue weighted by atomic mass is 10.0. The molecule has 1 aromatic heterocycles. The van der Waals surface area contributed by atoms with Crippen LogP contribution < -0.4 is 10.2 Å². The Morgan fingerprint density at radius 1 is 1.14 bits per heavy atom. The van der Waals surface area contributed by atoms with Crippen LogP contribution in [0.4, 0.5) is 5.69 Å². The number of aromatic amines is 1. The fraction of sp³-hybridized carbons (Fsp3) is 0.227. The van der Waals surface area contributed by atoms with Crippen LogP contribution in [0.1, 0.15) is 17.4 Å². The van der Waals surface area contributed by atoms with E-state index in [1.165, 1.54) is 4.90 Å². The number of ether oxygens (including phenoxy) is 1. The molecule has 29 heavy (non-hydrogen) atoms. The van der Waals surface area contributed by atoms with Crippen molar-refractivity contribution < 1.29 is 19.1 Å². The number of fused-ring (bicyclic) bond motifs is 1. The quantitative estimate of drug-likeness (QED) is 0.654. The Labute approximate surface area is 167 Å². The third-order valence-electron chi connectivity index (χ3n) is 5.03. The Balaban J connectivity index is 1.60. The molecule has 2 heterocycles. The largest absolute Gasteiger partial charge is 0.466 e. The molecular formula is C22H21N3O4. The smallest absolute Gasteiger partial charge is 0.313 e. The first-order chi connectivity index (χ1) is 14.1. The zero-order valence-electron chi connectivity index (χ0n) is 15.9. The van der Waals surface area contributed by atoms with Gasteiger partial charge in [0, 0.05) is 23.1 Å². The fourth-order valence-corrected chi connectivity index (χ4v) is 3.61. The number of anilines is 1. The summed E-state index contributed by atoms with van der Waals surface area (Å²) in [5.74, 6) is -2.06. The molecule has 0 aliphatic carbocycles. The number of benzene rings is 2. The van der Waals surface area contributed by atoms with E-state index in [2.05, 4.69) is 10.3 Å². The first-order valence-electron chi connectivity index (χ1n) is 9.50. The highest BCUT2D eigenvalue weighted by molar-refractivity contribution is 6.07. The number of hydrogen-bond donors (Lipinski definition) is 2. The summed E-state index contributed by atoms with van der Waals surface area (Å²) in [6, 6.07) is 17.3. The summed E-state index contributed by atoms with van der Waals surface area (Å²) < 4.78 is 5.15. The number of para-hydroxylation sites is 2. The van der Waals surface area contributed by atoms with Gasteiger partial charge >= 0.3 is 5.97 Å². The van der Waals surface area contributed by atoms with Crippen LogP contribution in [0.15, 0.2) is 60.7 Å². The number of H-pyrrole nitrogens is 1. The number of esters is 1. The van der Waals surface area contributed by atoms with Crippen LogP contribution in [-0.2, 0) is 14.3 Å². The highest BCUT2D eigenvalue weighted by Gasteiger charge is 2.46. The summed E-state index contributed by atoms with van der Waals surface area (Å²) in [6.07, 6.45) is 0. The molecule has 0 saturated carbocycles. The Hall–Kier alpha value is -3.61. The normalized spacial score (nSPS) is 18.8. The molecule has 3 aromatic rings. The predicted molar refractivity (Wildman–Crippen MR) is 108 cm³/mol. The highest BCUT2D eigenvalue weighted by atomic mass is 16.5. The van der Waals surface area contributed by atoms with Crippen LogP contribution in [0.5, 0.6) is 0 Å². The van der Waals surface area contributed by atoms with E-state index in [0.717, 1.165) is 10.9 Å². The second-order valence-corrected chi connectivity index (χ2v) is 6.86. The summed E-state index contributed by atoms with van der Waals surface area (Å²) in [5.41, 5.74) is 1.83. The standard InChI is InChI=1S/C22H21N3O4/c1-2-29-22(28)16-13-25(15-9-4-3-5-10-15)21(27)19(16)24-20(26)18-12-14-8-6-7-11-17(14)23-18/h3-12,16,19,23H,2,13H2,1H3,(H,24,26)/t16-,19-/m1/s1. The van der Waals surface area contributed by atoms with Crippen molar-refractivity contribution in [2.45, 2.75) is 13.0 Å². The maximum absolute atomic E-state index is 13.1. The molecule has 4 rings (SSSR count). The summed E-state index contributed by atoms with van der Waals surface area (Å²) >= 11 is 0. The molecule has 1 fully saturated rings. The number of hydrogen-bond acceptors (Lipinski definition) is 4. The van der Waals surface area contributed by atoms with Gasteiger partial charge in [-0.2, -0.15) is 0 Å². The van der Waals surface area contributed by atoms with Crippen molar-refractivity contribution >= 4 is 34.4 Å². The first kappa shape index (κ1) is 18.7. The number of nitrogens with one attached hydrogen (secondary N) is 2. The molecule has 2 N–H and O–H groups in total. The monoisotopic (exact) mass is 391 g/mol. The van der Waals surface area contributed by atoms with Crippen LogP contribution in [-0.4, -0.2) is 42.0 Å². The van der Waals surface area contributed by atoms with Crippen LogP contribution in [0.3, 0.4) is 0 Å². The van der Waals surface area contributed by atoms with Crippen molar-refractivity contribution in [1.29, 1.82) is 0 Å². The lowest BCUT2D eigenvalue weighted by Gasteiger charge is -2.17. The zero-order chi connectivity index (χ0) is 20.4. The van der Waals surface area contributed by atoms with Crippen LogP contribution in [0.2, 0.25) is 0 Å². The summed E-state index contributed by atoms with van der Waals surface area (Å²) in [7, 11) is 0. The molecule has 0 spiro atoms. The molecule has 1 saturated heterocycles. The summed E-state index contributed by atoms with van der Waals surface area (Å²) in [6.45, 7) is 2.07. The number of rotatable bonds is 5. The lowest BCUT2D eigenvalue weighted by Crippen LogP contribution is -2.46. The summed E-state index contributed by atoms with van der Waals surface area (Å²) in [5, 5.41) is 3.62. The first-order valence-corrected chi connectivity index (χ1v) is 9.50. The van der Waals surface area contributed by atoms with Gasteiger partial charge in [0.25, 0.3) is 11.8 Å². The van der Waals surface area contributed by atoms with Gasteiger partial charge in [0.1, 0.15) is 17.7 Å². The second kappa shape index (κ2) is 7.79. The predicted octanol–water partition coefficient (Wildman–Crippen LogP) is 2.49. The Morgan fingerprint density at radius 2 is 1.86 bits per heavy atom. The van der Waals surface area contributed by atoms with Crippen molar-refractivity contribution in [3.8, 4) is 0 Å². The minimum absolute atomic E-state index is 0.152. The van der Waals surface area contributed by atoms with Gasteiger partial charge in [0.2, 0.25) is 0 Å². The SMILES string of the molecule is CCOC(=O)[C@@H]1CN(c2ccccc2)C(=O)[C@@H]1NC(=O)c1cc2ccccc2[nH]1. The maximum Gasteiger partial charge on any atom is 0.313 e. The van der Waals surface area contributed by atoms with Gasteiger partial charge in [-0.05, 0) is 31.2 Å². The van der Waals surface area contributed by atoms with Crippen molar-refractivity contribution in [2.75, 3.05) is 18.1 Å². The van der Waals surface area contributed by atoms with Crippen molar-refractivity contribution in [3.63, 3.8) is 0 Å². The van der Waals surface area contributed by atoms with E-state index in [-0.39, 0.29) is 19.1 Å². The van der Waals surface area contributed by atoms with Crippen molar-refractivity contribution in [1.82, 2.24) is 10.3 Å². The molecule has 7 heteroatoms. The second-order valence-electron chi connectivity index (χ2n) is 6.86. The number of carbonyl (C=O) groups is 3. The Kier molecular flexibility index (Phi) is 5.03. The molecule has 0 bridgehead atoms. The minimum Gasteiger partial charge on any atom is -0.466 e. The van der Waals surface area contributed by atoms with Gasteiger partial charge in [-0.25, -0.2) is 0 Å². The minimum atomic E-state index is -0.992. The highest BCUT2D eigenvalue weighted by Crippen LogP contribution is 2.27. The number of carbonyl (C=O) groups excluding carboxylic acids is 3. The van der Waals surface area contributed by atoms with E-state index in [1.807, 2.05) is 42.5 Å². The fourth-order valence-electron chi connectivity index (χ4n) is 3.61. The molecule has 1 aliphatic heterocycles. The molecule has 148 valence electrons. The van der Waals surface area contributed by atoms with E-state index in [4.69, 9.17) is 4.74 Å². The van der Waals surface area contributed by atoms with Gasteiger partial charge in [-0.3, -0.25) is 14.4 Å². The topological polar surface area (TPSA) is 91.5 Å². The van der Waals surface area contributed by atoms with E-state index in [0.29, 0.717) is 11.4 Å². The van der Waals surface area contributed by atoms with Crippen LogP contribution >= 0.6 is 0 Å². The van der Waals surface area contributed by atoms with Gasteiger partial charge < -0.3 is 19.9 Å². The van der Waals surface area contributed by atoms with Crippen molar-refractivity contribution in [2.24, 2.45) is 5.92 Å². The van der Waals surface area contributed by atoms with E-state index in [9.17, 15) is 14.4 Å². The average molecular weight is 391 g/mol. The summed E-state index contributed by atoms with van der Waals surface area (Å²) in [4.78, 5) is 42.9. The van der Waals surface area contributed by atoms with E-state index in [1.54, 1.807) is 25.1 Å². The average Bonchev–Trinajstić information content (AvgIpc) is 3.31. The molecular weight excluding hydrogens is 370 g/mol. The zero-order valence-corrected chi connectivity index (χ0v) is 15.9.